The molecular weight excluding hydrogens is 390 g/mol. The molecular formula is C22H22ClN3O3. The number of aromatic nitrogens is 2. The maximum Gasteiger partial charge on any atom is 0.326 e. The summed E-state index contributed by atoms with van der Waals surface area (Å²) in [5.74, 6) is 0.246. The number of rotatable bonds is 5. The van der Waals surface area contributed by atoms with Crippen LogP contribution >= 0.6 is 11.6 Å². The van der Waals surface area contributed by atoms with Gasteiger partial charge in [-0.1, -0.05) is 35.9 Å². The van der Waals surface area contributed by atoms with Crippen LogP contribution in [0, 0.1) is 0 Å². The van der Waals surface area contributed by atoms with Crippen molar-refractivity contribution in [3.8, 4) is 0 Å². The number of imidazole rings is 1. The number of hydrogen-bond donors (Lipinski definition) is 0. The zero-order valence-electron chi connectivity index (χ0n) is 16.3. The first-order chi connectivity index (χ1) is 13.9. The van der Waals surface area contributed by atoms with Crippen molar-refractivity contribution in [2.24, 2.45) is 0 Å². The molecule has 6 nitrogen and oxygen atoms in total. The highest BCUT2D eigenvalue weighted by atomic mass is 35.5. The lowest BCUT2D eigenvalue weighted by atomic mass is 10.1. The molecule has 0 bridgehead atoms. The second-order valence-electron chi connectivity index (χ2n) is 7.44. The van der Waals surface area contributed by atoms with Gasteiger partial charge in [-0.15, -0.1) is 0 Å². The van der Waals surface area contributed by atoms with Gasteiger partial charge in [0.15, 0.2) is 0 Å². The molecule has 0 saturated carbocycles. The first kappa shape index (κ1) is 19.5. The van der Waals surface area contributed by atoms with Crippen molar-refractivity contribution >= 4 is 40.2 Å². The van der Waals surface area contributed by atoms with Gasteiger partial charge >= 0.3 is 5.97 Å². The monoisotopic (exact) mass is 411 g/mol. The topological polar surface area (TPSA) is 64.4 Å². The summed E-state index contributed by atoms with van der Waals surface area (Å²) in [5, 5.41) is 0.538. The Bertz CT molecular complexity index is 1080. The molecule has 1 fully saturated rings. The molecule has 1 amide bonds. The molecule has 1 aliphatic rings. The number of ether oxygens (including phenoxy) is 1. The van der Waals surface area contributed by atoms with E-state index in [0.717, 1.165) is 16.9 Å². The Morgan fingerprint density at radius 3 is 2.69 bits per heavy atom. The highest BCUT2D eigenvalue weighted by Crippen LogP contribution is 2.36. The van der Waals surface area contributed by atoms with Crippen LogP contribution < -0.4 is 4.90 Å². The molecule has 0 N–H and O–H groups in total. The number of halogens is 1. The van der Waals surface area contributed by atoms with Crippen molar-refractivity contribution in [1.29, 1.82) is 0 Å². The van der Waals surface area contributed by atoms with Gasteiger partial charge in [0.2, 0.25) is 5.91 Å². The fourth-order valence-electron chi connectivity index (χ4n) is 3.79. The van der Waals surface area contributed by atoms with Crippen LogP contribution in [0.4, 0.5) is 5.69 Å². The number of nitrogens with zero attached hydrogens (tertiary/aromatic N) is 3. The molecule has 1 atom stereocenters. The number of para-hydroxylation sites is 3. The molecule has 2 aromatic carbocycles. The summed E-state index contributed by atoms with van der Waals surface area (Å²) in [5.41, 5.74) is 2.35. The second kappa shape index (κ2) is 7.87. The van der Waals surface area contributed by atoms with Gasteiger partial charge in [-0.2, -0.15) is 0 Å². The average Bonchev–Trinajstić information content (AvgIpc) is 3.22. The van der Waals surface area contributed by atoms with Gasteiger partial charge < -0.3 is 14.2 Å². The zero-order chi connectivity index (χ0) is 20.5. The largest absolute Gasteiger partial charge is 0.462 e. The van der Waals surface area contributed by atoms with Crippen molar-refractivity contribution in [1.82, 2.24) is 9.55 Å². The van der Waals surface area contributed by atoms with Gasteiger partial charge in [-0.05, 0) is 38.1 Å². The Labute approximate surface area is 174 Å². The third kappa shape index (κ3) is 3.85. The molecule has 0 aliphatic carbocycles. The van der Waals surface area contributed by atoms with Crippen LogP contribution in [-0.4, -0.2) is 34.1 Å². The number of anilines is 1. The lowest BCUT2D eigenvalue weighted by Crippen LogP contribution is -2.25. The first-order valence-electron chi connectivity index (χ1n) is 9.63. The van der Waals surface area contributed by atoms with E-state index in [1.54, 1.807) is 11.0 Å². The van der Waals surface area contributed by atoms with E-state index in [-0.39, 0.29) is 30.4 Å². The molecule has 7 heteroatoms. The lowest BCUT2D eigenvalue weighted by Gasteiger charge is -2.18. The zero-order valence-corrected chi connectivity index (χ0v) is 17.1. The van der Waals surface area contributed by atoms with Crippen LogP contribution in [0.3, 0.4) is 0 Å². The smallest absolute Gasteiger partial charge is 0.326 e. The maximum atomic E-state index is 12.7. The summed E-state index contributed by atoms with van der Waals surface area (Å²) in [7, 11) is 0. The van der Waals surface area contributed by atoms with Crippen molar-refractivity contribution in [3.63, 3.8) is 0 Å². The Hall–Kier alpha value is -2.86. The van der Waals surface area contributed by atoms with E-state index in [1.807, 2.05) is 60.9 Å². The predicted molar refractivity (Wildman–Crippen MR) is 112 cm³/mol. The number of esters is 1. The summed E-state index contributed by atoms with van der Waals surface area (Å²) in [6, 6.07) is 15.0. The summed E-state index contributed by atoms with van der Waals surface area (Å²) < 4.78 is 7.20. The third-order valence-corrected chi connectivity index (χ3v) is 5.29. The van der Waals surface area contributed by atoms with Gasteiger partial charge in [-0.3, -0.25) is 9.59 Å². The lowest BCUT2D eigenvalue weighted by molar-refractivity contribution is -0.148. The van der Waals surface area contributed by atoms with Gasteiger partial charge in [0.25, 0.3) is 0 Å². The molecule has 150 valence electrons. The molecule has 0 radical (unpaired) electrons. The van der Waals surface area contributed by atoms with Crippen LogP contribution in [0.15, 0.2) is 48.5 Å². The molecule has 3 aromatic rings. The van der Waals surface area contributed by atoms with Gasteiger partial charge in [-0.25, -0.2) is 4.98 Å². The van der Waals surface area contributed by atoms with Crippen LogP contribution in [0.1, 0.15) is 32.0 Å². The molecule has 1 aromatic heterocycles. The Kier molecular flexibility index (Phi) is 5.28. The maximum absolute atomic E-state index is 12.7. The van der Waals surface area contributed by atoms with E-state index in [2.05, 4.69) is 0 Å². The minimum absolute atomic E-state index is 0.00790. The SMILES string of the molecule is CC(C)OC(=O)Cn1c(C2CC(=O)N(c3ccccc3Cl)C2)nc2ccccc21. The Balaban J connectivity index is 1.69. The molecule has 4 rings (SSSR count). The normalized spacial score (nSPS) is 16.8. The number of carbonyl (C=O) groups is 2. The van der Waals surface area contributed by atoms with E-state index in [0.29, 0.717) is 23.7 Å². The minimum Gasteiger partial charge on any atom is -0.462 e. The number of amides is 1. The van der Waals surface area contributed by atoms with E-state index >= 15 is 0 Å². The third-order valence-electron chi connectivity index (χ3n) is 4.97. The van der Waals surface area contributed by atoms with Crippen LogP contribution in [0.25, 0.3) is 11.0 Å². The van der Waals surface area contributed by atoms with E-state index in [1.165, 1.54) is 0 Å². The molecule has 1 aliphatic heterocycles. The number of benzene rings is 2. The quantitative estimate of drug-likeness (QED) is 0.591. The molecule has 1 unspecified atom stereocenters. The van der Waals surface area contributed by atoms with Gasteiger partial charge in [0, 0.05) is 18.9 Å². The molecule has 1 saturated heterocycles. The number of carbonyl (C=O) groups excluding carboxylic acids is 2. The predicted octanol–water partition coefficient (Wildman–Crippen LogP) is 4.16. The summed E-state index contributed by atoms with van der Waals surface area (Å²) in [6.07, 6.45) is 0.123. The van der Waals surface area contributed by atoms with Crippen molar-refractivity contribution < 1.29 is 14.3 Å². The van der Waals surface area contributed by atoms with E-state index in [4.69, 9.17) is 21.3 Å². The summed E-state index contributed by atoms with van der Waals surface area (Å²) in [6.45, 7) is 4.17. The van der Waals surface area contributed by atoms with E-state index in [9.17, 15) is 9.59 Å². The first-order valence-corrected chi connectivity index (χ1v) is 10.0. The van der Waals surface area contributed by atoms with Gasteiger partial charge in [0.1, 0.15) is 12.4 Å². The fraction of sp³-hybridized carbons (Fsp3) is 0.318. The van der Waals surface area contributed by atoms with Crippen molar-refractivity contribution in [2.45, 2.75) is 38.8 Å². The Morgan fingerprint density at radius 1 is 1.21 bits per heavy atom. The van der Waals surface area contributed by atoms with Crippen LogP contribution in [0.5, 0.6) is 0 Å². The number of fused-ring (bicyclic) bond motifs is 1. The Morgan fingerprint density at radius 2 is 1.93 bits per heavy atom. The van der Waals surface area contributed by atoms with Crippen LogP contribution in [0.2, 0.25) is 5.02 Å². The summed E-state index contributed by atoms with van der Waals surface area (Å²) >= 11 is 6.30. The highest BCUT2D eigenvalue weighted by Gasteiger charge is 2.35. The number of hydrogen-bond acceptors (Lipinski definition) is 4. The van der Waals surface area contributed by atoms with Gasteiger partial charge in [0.05, 0.1) is 27.8 Å². The highest BCUT2D eigenvalue weighted by molar-refractivity contribution is 6.33. The summed E-state index contributed by atoms with van der Waals surface area (Å²) in [4.78, 5) is 31.6. The molecule has 29 heavy (non-hydrogen) atoms. The van der Waals surface area contributed by atoms with E-state index < -0.39 is 0 Å². The standard InChI is InChI=1S/C22H22ClN3O3/c1-14(2)29-21(28)13-26-19-10-6-4-8-17(19)24-22(26)15-11-20(27)25(12-15)18-9-5-3-7-16(18)23/h3-10,14-15H,11-13H2,1-2H3. The van der Waals surface area contributed by atoms with Crippen LogP contribution in [-0.2, 0) is 20.9 Å². The van der Waals surface area contributed by atoms with Crippen molar-refractivity contribution in [3.05, 3.63) is 59.4 Å². The second-order valence-corrected chi connectivity index (χ2v) is 7.85. The molecule has 0 spiro atoms. The molecule has 2 heterocycles. The fourth-order valence-corrected chi connectivity index (χ4v) is 4.02. The average molecular weight is 412 g/mol. The minimum atomic E-state index is -0.323. The van der Waals surface area contributed by atoms with Crippen molar-refractivity contribution in [2.75, 3.05) is 11.4 Å².